The molecule has 4 amide bonds. The molecule has 9 atom stereocenters. The van der Waals surface area contributed by atoms with Gasteiger partial charge in [-0.1, -0.05) is 0 Å². The first-order valence-electron chi connectivity index (χ1n) is 9.96. The van der Waals surface area contributed by atoms with Crippen molar-refractivity contribution in [2.45, 2.75) is 55.0 Å². The van der Waals surface area contributed by atoms with Gasteiger partial charge in [0.05, 0.1) is 23.8 Å². The van der Waals surface area contributed by atoms with Crippen LogP contribution in [0.15, 0.2) is 10.6 Å². The number of rotatable bonds is 10. The number of nitrogens with zero attached hydrogens (tertiary/aromatic N) is 4. The lowest BCUT2D eigenvalue weighted by Crippen LogP contribution is -2.64. The molecule has 0 spiro atoms. The van der Waals surface area contributed by atoms with E-state index in [4.69, 9.17) is 20.1 Å². The lowest BCUT2D eigenvalue weighted by atomic mass is 9.97. The van der Waals surface area contributed by atoms with Gasteiger partial charge in [-0.2, -0.15) is 10.0 Å². The highest BCUT2D eigenvalue weighted by molar-refractivity contribution is 5.78. The predicted molar refractivity (Wildman–Crippen MR) is 113 cm³/mol. The second-order valence-electron chi connectivity index (χ2n) is 7.26. The molecule has 1 fully saturated rings. The van der Waals surface area contributed by atoms with Gasteiger partial charge in [0.1, 0.15) is 55.0 Å². The topological polar surface area (TPSA) is 312 Å². The molecule has 1 heterocycles. The number of nitroso groups, excluding NO2 is 2. The van der Waals surface area contributed by atoms with Crippen molar-refractivity contribution >= 4 is 18.3 Å². The lowest BCUT2D eigenvalue weighted by Gasteiger charge is -2.40. The molecule has 1 unspecified atom stereocenters. The minimum atomic E-state index is -1.85. The first kappa shape index (κ1) is 33.0. The van der Waals surface area contributed by atoms with Gasteiger partial charge in [0.25, 0.3) is 0 Å². The molecule has 0 bridgehead atoms. The second kappa shape index (κ2) is 15.9. The molecule has 1 saturated heterocycles. The SMILES string of the molecule is CN(N=O)C(=O)N[C@@H](C=O)[C@@H](O)[C@H](O)[C@H](O)CO.CN(N=O)C(=O)N[C@H]1C(O)O[C@H](CO)[C@@H](O)[C@@H]1O. The van der Waals surface area contributed by atoms with Crippen molar-refractivity contribution in [1.82, 2.24) is 20.7 Å². The van der Waals surface area contributed by atoms with E-state index in [9.17, 15) is 49.7 Å². The van der Waals surface area contributed by atoms with Crippen LogP contribution in [0.1, 0.15) is 0 Å². The lowest BCUT2D eigenvalue weighted by molar-refractivity contribution is -0.252. The zero-order valence-electron chi connectivity index (χ0n) is 19.0. The summed E-state index contributed by atoms with van der Waals surface area (Å²) < 4.78 is 4.80. The molecule has 0 radical (unpaired) electrons. The third kappa shape index (κ3) is 9.25. The van der Waals surface area contributed by atoms with Crippen LogP contribution in [-0.4, -0.2) is 152 Å². The van der Waals surface area contributed by atoms with Gasteiger partial charge in [-0.25, -0.2) is 9.59 Å². The third-order valence-electron chi connectivity index (χ3n) is 4.76. The summed E-state index contributed by atoms with van der Waals surface area (Å²) in [5.41, 5.74) is 0. The summed E-state index contributed by atoms with van der Waals surface area (Å²) in [5.74, 6) is 0. The molecule has 208 valence electrons. The van der Waals surface area contributed by atoms with E-state index < -0.39 is 80.3 Å². The minimum Gasteiger partial charge on any atom is -0.394 e. The van der Waals surface area contributed by atoms with Gasteiger partial charge in [0, 0.05) is 14.1 Å². The quantitative estimate of drug-likeness (QED) is 0.0714. The molecule has 1 rings (SSSR count). The summed E-state index contributed by atoms with van der Waals surface area (Å²) in [4.78, 5) is 53.2. The van der Waals surface area contributed by atoms with Crippen LogP contribution in [0.3, 0.4) is 0 Å². The number of carbonyl (C=O) groups excluding carboxylic acids is 3. The molecule has 0 aliphatic carbocycles. The molecule has 10 N–H and O–H groups in total. The zero-order valence-corrected chi connectivity index (χ0v) is 19.0. The van der Waals surface area contributed by atoms with E-state index in [0.29, 0.717) is 10.0 Å². The van der Waals surface area contributed by atoms with Crippen LogP contribution < -0.4 is 10.6 Å². The maximum absolute atomic E-state index is 11.3. The Balaban J connectivity index is 0.000000681. The maximum atomic E-state index is 11.3. The number of aliphatic hydroxyl groups excluding tert-OH is 8. The average Bonchev–Trinajstić information content (AvgIpc) is 2.89. The van der Waals surface area contributed by atoms with Gasteiger partial charge in [0.15, 0.2) is 6.29 Å². The fourth-order valence-electron chi connectivity index (χ4n) is 2.55. The van der Waals surface area contributed by atoms with Crippen LogP contribution in [0, 0.1) is 9.81 Å². The summed E-state index contributed by atoms with van der Waals surface area (Å²) >= 11 is 0. The maximum Gasteiger partial charge on any atom is 0.340 e. The van der Waals surface area contributed by atoms with Gasteiger partial charge in [-0.05, 0) is 0 Å². The van der Waals surface area contributed by atoms with E-state index in [1.165, 1.54) is 0 Å². The Morgan fingerprint density at radius 1 is 0.972 bits per heavy atom. The zero-order chi connectivity index (χ0) is 28.2. The molecule has 20 nitrogen and oxygen atoms in total. The Morgan fingerprint density at radius 2 is 1.50 bits per heavy atom. The number of carbonyl (C=O) groups is 3. The summed E-state index contributed by atoms with van der Waals surface area (Å²) in [6, 6.07) is -4.98. The number of hydrogen-bond donors (Lipinski definition) is 10. The van der Waals surface area contributed by atoms with Crippen molar-refractivity contribution in [3.63, 3.8) is 0 Å². The highest BCUT2D eigenvalue weighted by Crippen LogP contribution is 2.19. The highest BCUT2D eigenvalue weighted by Gasteiger charge is 2.44. The fraction of sp³-hybridized carbons (Fsp3) is 0.812. The van der Waals surface area contributed by atoms with E-state index in [1.54, 1.807) is 0 Å². The van der Waals surface area contributed by atoms with Crippen LogP contribution in [0.25, 0.3) is 0 Å². The van der Waals surface area contributed by atoms with E-state index in [1.807, 2.05) is 5.32 Å². The third-order valence-corrected chi connectivity index (χ3v) is 4.76. The Morgan fingerprint density at radius 3 is 1.94 bits per heavy atom. The molecule has 0 aromatic carbocycles. The van der Waals surface area contributed by atoms with Crippen LogP contribution in [-0.2, 0) is 9.53 Å². The van der Waals surface area contributed by atoms with E-state index in [0.717, 1.165) is 14.1 Å². The van der Waals surface area contributed by atoms with Gasteiger partial charge in [-0.15, -0.1) is 9.81 Å². The molecule has 0 saturated carbocycles. The summed E-state index contributed by atoms with van der Waals surface area (Å²) in [7, 11) is 2.08. The fourth-order valence-corrected chi connectivity index (χ4v) is 2.55. The van der Waals surface area contributed by atoms with Gasteiger partial charge in [-0.3, -0.25) is 0 Å². The molecular weight excluding hydrogens is 500 g/mol. The number of urea groups is 2. The second-order valence-corrected chi connectivity index (χ2v) is 7.26. The van der Waals surface area contributed by atoms with E-state index in [-0.39, 0.29) is 6.29 Å². The number of aldehydes is 1. The largest absolute Gasteiger partial charge is 0.394 e. The van der Waals surface area contributed by atoms with Crippen molar-refractivity contribution in [2.24, 2.45) is 10.6 Å². The molecule has 20 heteroatoms. The van der Waals surface area contributed by atoms with Crippen molar-refractivity contribution in [3.05, 3.63) is 9.81 Å². The van der Waals surface area contributed by atoms with E-state index in [2.05, 4.69) is 15.9 Å². The standard InChI is InChI=1S/2C8H15N3O7/c1-11(10-17)8(16)9-4-6(14)5(13)3(2-12)18-7(4)15;1-11(10-18)8(17)9-4(2-12)6(15)7(16)5(14)3-13/h3-7,12-15H,2H2,1H3,(H,9,16);2,4-7,13-16H,3H2,1H3,(H,9,17)/t3-,4-,5-,6-,7?;4-,5+,6+,7+/m10/s1. The number of ether oxygens (including phenoxy) is 1. The summed E-state index contributed by atoms with van der Waals surface area (Å²) in [6.45, 7) is -1.45. The van der Waals surface area contributed by atoms with Gasteiger partial charge in [0.2, 0.25) is 0 Å². The molecule has 1 aliphatic heterocycles. The number of hydrogen-bond acceptors (Lipinski definition) is 16. The molecular formula is C16H30N6O14. The summed E-state index contributed by atoms with van der Waals surface area (Å²) in [5, 5.41) is 83.3. The smallest absolute Gasteiger partial charge is 0.340 e. The van der Waals surface area contributed by atoms with Crippen molar-refractivity contribution in [3.8, 4) is 0 Å². The Bertz CT molecular complexity index is 733. The Hall–Kier alpha value is -2.95. The average molecular weight is 530 g/mol. The summed E-state index contributed by atoms with van der Waals surface area (Å²) in [6.07, 6.45) is -11.1. The molecule has 36 heavy (non-hydrogen) atoms. The van der Waals surface area contributed by atoms with Crippen molar-refractivity contribution in [1.29, 1.82) is 0 Å². The van der Waals surface area contributed by atoms with Crippen LogP contribution in [0.5, 0.6) is 0 Å². The first-order chi connectivity index (χ1) is 16.8. The number of nitrogens with one attached hydrogen (secondary N) is 2. The highest BCUT2D eigenvalue weighted by atomic mass is 16.6. The van der Waals surface area contributed by atoms with Crippen molar-refractivity contribution in [2.75, 3.05) is 27.3 Å². The van der Waals surface area contributed by atoms with Crippen molar-refractivity contribution < 1.29 is 60.0 Å². The normalized spacial score (nSPS) is 26.6. The Labute approximate surface area is 202 Å². The molecule has 0 aromatic rings. The molecule has 0 aromatic heterocycles. The van der Waals surface area contributed by atoms with Crippen LogP contribution in [0.2, 0.25) is 0 Å². The number of aliphatic hydroxyl groups is 8. The van der Waals surface area contributed by atoms with Gasteiger partial charge < -0.3 is 61.0 Å². The van der Waals surface area contributed by atoms with Crippen LogP contribution in [0.4, 0.5) is 9.59 Å². The minimum absolute atomic E-state index is 0.106. The number of amides is 4. The predicted octanol–water partition coefficient (Wildman–Crippen LogP) is -5.94. The van der Waals surface area contributed by atoms with Crippen LogP contribution >= 0.6 is 0 Å². The monoisotopic (exact) mass is 530 g/mol. The first-order valence-corrected chi connectivity index (χ1v) is 9.96. The van der Waals surface area contributed by atoms with E-state index >= 15 is 0 Å². The Kier molecular flexibility index (Phi) is 14.6. The molecule has 1 aliphatic rings. The van der Waals surface area contributed by atoms with Gasteiger partial charge >= 0.3 is 12.1 Å².